The van der Waals surface area contributed by atoms with Gasteiger partial charge in [-0.3, -0.25) is 4.79 Å². The zero-order valence-corrected chi connectivity index (χ0v) is 12.5. The highest BCUT2D eigenvalue weighted by Gasteiger charge is 2.38. The molecule has 19 heavy (non-hydrogen) atoms. The van der Waals surface area contributed by atoms with Crippen LogP contribution < -0.4 is 5.32 Å². The summed E-state index contributed by atoms with van der Waals surface area (Å²) in [6, 6.07) is 1.31. The molecule has 0 spiro atoms. The third-order valence-electron chi connectivity index (χ3n) is 5.43. The van der Waals surface area contributed by atoms with E-state index in [1.54, 1.807) is 0 Å². The van der Waals surface area contributed by atoms with Crippen LogP contribution in [0.1, 0.15) is 58.8 Å². The van der Waals surface area contributed by atoms with Gasteiger partial charge in [-0.25, -0.2) is 0 Å². The first-order valence-electron chi connectivity index (χ1n) is 8.11. The van der Waals surface area contributed by atoms with Crippen molar-refractivity contribution in [1.29, 1.82) is 0 Å². The van der Waals surface area contributed by atoms with E-state index in [9.17, 15) is 4.79 Å². The molecule has 1 aliphatic heterocycles. The van der Waals surface area contributed by atoms with Crippen LogP contribution in [0, 0.1) is 11.3 Å². The quantitative estimate of drug-likeness (QED) is 0.849. The van der Waals surface area contributed by atoms with E-state index in [1.165, 1.54) is 19.3 Å². The molecule has 1 heterocycles. The second-order valence-electron chi connectivity index (χ2n) is 7.47. The van der Waals surface area contributed by atoms with Gasteiger partial charge in [0, 0.05) is 31.1 Å². The van der Waals surface area contributed by atoms with Gasteiger partial charge in [-0.2, -0.15) is 0 Å². The van der Waals surface area contributed by atoms with Crippen LogP contribution in [0.3, 0.4) is 0 Å². The monoisotopic (exact) mass is 264 g/mol. The molecule has 0 aromatic carbocycles. The van der Waals surface area contributed by atoms with Crippen molar-refractivity contribution in [3.05, 3.63) is 0 Å². The Labute approximate surface area is 117 Å². The van der Waals surface area contributed by atoms with E-state index < -0.39 is 0 Å². The Hall–Kier alpha value is -0.570. The van der Waals surface area contributed by atoms with Crippen molar-refractivity contribution in [3.63, 3.8) is 0 Å². The molecule has 1 N–H and O–H groups in total. The minimum atomic E-state index is 0.387. The Morgan fingerprint density at radius 3 is 2.32 bits per heavy atom. The molecule has 0 aromatic rings. The standard InChI is InChI=1S/C16H28N2O/c1-16(2)9-3-4-14(16)17-13-7-10-18(11-8-13)15(19)12-5-6-12/h12-14,17H,3-11H2,1-2H3. The summed E-state index contributed by atoms with van der Waals surface area (Å²) in [6.45, 7) is 6.73. The molecule has 3 rings (SSSR count). The van der Waals surface area contributed by atoms with E-state index in [1.807, 2.05) is 0 Å². The number of carbonyl (C=O) groups is 1. The van der Waals surface area contributed by atoms with Gasteiger partial charge >= 0.3 is 0 Å². The molecule has 0 radical (unpaired) electrons. The SMILES string of the molecule is CC1(C)CCCC1NC1CCN(C(=O)C2CC2)CC1. The summed E-state index contributed by atoms with van der Waals surface area (Å²) in [5.74, 6) is 0.818. The van der Waals surface area contributed by atoms with Crippen molar-refractivity contribution >= 4 is 5.91 Å². The fraction of sp³-hybridized carbons (Fsp3) is 0.938. The number of likely N-dealkylation sites (tertiary alicyclic amines) is 1. The second-order valence-corrected chi connectivity index (χ2v) is 7.47. The van der Waals surface area contributed by atoms with Crippen molar-refractivity contribution in [2.45, 2.75) is 70.9 Å². The van der Waals surface area contributed by atoms with Crippen molar-refractivity contribution in [1.82, 2.24) is 10.2 Å². The predicted octanol–water partition coefficient (Wildman–Crippen LogP) is 2.56. The molecular formula is C16H28N2O. The van der Waals surface area contributed by atoms with E-state index in [0.717, 1.165) is 38.8 Å². The first-order valence-corrected chi connectivity index (χ1v) is 8.11. The number of hydrogen-bond donors (Lipinski definition) is 1. The van der Waals surface area contributed by atoms with Crippen LogP contribution in [-0.4, -0.2) is 36.0 Å². The lowest BCUT2D eigenvalue weighted by Gasteiger charge is -2.37. The van der Waals surface area contributed by atoms with Gasteiger partial charge in [-0.05, 0) is 43.9 Å². The van der Waals surface area contributed by atoms with Crippen LogP contribution in [0.2, 0.25) is 0 Å². The third kappa shape index (κ3) is 2.96. The molecule has 0 aromatic heterocycles. The topological polar surface area (TPSA) is 32.3 Å². The summed E-state index contributed by atoms with van der Waals surface area (Å²) in [5, 5.41) is 3.87. The maximum atomic E-state index is 12.0. The van der Waals surface area contributed by atoms with Gasteiger partial charge in [0.15, 0.2) is 0 Å². The van der Waals surface area contributed by atoms with E-state index in [4.69, 9.17) is 0 Å². The molecule has 1 unspecified atom stereocenters. The first kappa shape index (κ1) is 13.4. The minimum Gasteiger partial charge on any atom is -0.342 e. The van der Waals surface area contributed by atoms with Crippen LogP contribution in [0.15, 0.2) is 0 Å². The van der Waals surface area contributed by atoms with Gasteiger partial charge in [0.25, 0.3) is 0 Å². The van der Waals surface area contributed by atoms with Gasteiger partial charge in [-0.15, -0.1) is 0 Å². The Kier molecular flexibility index (Phi) is 3.59. The fourth-order valence-corrected chi connectivity index (χ4v) is 3.78. The molecule has 2 saturated carbocycles. The molecule has 1 saturated heterocycles. The summed E-state index contributed by atoms with van der Waals surface area (Å²) in [7, 11) is 0. The van der Waals surface area contributed by atoms with Crippen LogP contribution in [0.25, 0.3) is 0 Å². The van der Waals surface area contributed by atoms with Gasteiger partial charge in [0.1, 0.15) is 0 Å². The number of rotatable bonds is 3. The minimum absolute atomic E-state index is 0.387. The highest BCUT2D eigenvalue weighted by atomic mass is 16.2. The van der Waals surface area contributed by atoms with E-state index in [2.05, 4.69) is 24.1 Å². The number of nitrogens with zero attached hydrogens (tertiary/aromatic N) is 1. The van der Waals surface area contributed by atoms with Crippen molar-refractivity contribution in [2.24, 2.45) is 11.3 Å². The van der Waals surface area contributed by atoms with Gasteiger partial charge in [0.2, 0.25) is 5.91 Å². The molecule has 3 heteroatoms. The Morgan fingerprint density at radius 1 is 1.11 bits per heavy atom. The lowest BCUT2D eigenvalue weighted by Crippen LogP contribution is -2.50. The van der Waals surface area contributed by atoms with E-state index >= 15 is 0 Å². The summed E-state index contributed by atoms with van der Waals surface area (Å²) < 4.78 is 0. The normalized spacial score (nSPS) is 31.7. The molecule has 3 fully saturated rings. The number of hydrogen-bond acceptors (Lipinski definition) is 2. The first-order chi connectivity index (χ1) is 9.06. The van der Waals surface area contributed by atoms with Gasteiger partial charge in [0.05, 0.1) is 0 Å². The average molecular weight is 264 g/mol. The van der Waals surface area contributed by atoms with Gasteiger partial charge < -0.3 is 10.2 Å². The van der Waals surface area contributed by atoms with Crippen LogP contribution in [0.5, 0.6) is 0 Å². The second kappa shape index (κ2) is 5.08. The largest absolute Gasteiger partial charge is 0.342 e. The average Bonchev–Trinajstić information content (AvgIpc) is 3.17. The molecule has 1 amide bonds. The Bertz CT molecular complexity index is 341. The summed E-state index contributed by atoms with van der Waals surface area (Å²) in [4.78, 5) is 14.1. The van der Waals surface area contributed by atoms with Gasteiger partial charge in [-0.1, -0.05) is 20.3 Å². The Balaban J connectivity index is 1.46. The molecule has 108 valence electrons. The molecule has 2 aliphatic carbocycles. The predicted molar refractivity (Wildman–Crippen MR) is 76.9 cm³/mol. The van der Waals surface area contributed by atoms with Crippen LogP contribution >= 0.6 is 0 Å². The number of piperidine rings is 1. The zero-order chi connectivity index (χ0) is 13.5. The lowest BCUT2D eigenvalue weighted by molar-refractivity contribution is -0.133. The zero-order valence-electron chi connectivity index (χ0n) is 12.5. The molecule has 3 aliphatic rings. The highest BCUT2D eigenvalue weighted by Crippen LogP contribution is 2.38. The maximum absolute atomic E-state index is 12.0. The van der Waals surface area contributed by atoms with Crippen molar-refractivity contribution < 1.29 is 4.79 Å². The smallest absolute Gasteiger partial charge is 0.225 e. The van der Waals surface area contributed by atoms with Crippen LogP contribution in [-0.2, 0) is 4.79 Å². The molecular weight excluding hydrogens is 236 g/mol. The molecule has 3 nitrogen and oxygen atoms in total. The van der Waals surface area contributed by atoms with Crippen molar-refractivity contribution in [3.8, 4) is 0 Å². The third-order valence-corrected chi connectivity index (χ3v) is 5.43. The van der Waals surface area contributed by atoms with Crippen LogP contribution in [0.4, 0.5) is 0 Å². The fourth-order valence-electron chi connectivity index (χ4n) is 3.78. The molecule has 1 atom stereocenters. The Morgan fingerprint density at radius 2 is 1.79 bits per heavy atom. The number of nitrogens with one attached hydrogen (secondary N) is 1. The summed E-state index contributed by atoms with van der Waals surface area (Å²) in [6.07, 6.45) is 8.60. The summed E-state index contributed by atoms with van der Waals surface area (Å²) >= 11 is 0. The summed E-state index contributed by atoms with van der Waals surface area (Å²) in [5.41, 5.74) is 0.459. The molecule has 0 bridgehead atoms. The van der Waals surface area contributed by atoms with E-state index in [0.29, 0.717) is 29.3 Å². The number of amides is 1. The number of carbonyl (C=O) groups excluding carboxylic acids is 1. The lowest BCUT2D eigenvalue weighted by atomic mass is 9.86. The van der Waals surface area contributed by atoms with E-state index in [-0.39, 0.29) is 0 Å². The maximum Gasteiger partial charge on any atom is 0.225 e. The highest BCUT2D eigenvalue weighted by molar-refractivity contribution is 5.81. The van der Waals surface area contributed by atoms with Crippen molar-refractivity contribution in [2.75, 3.05) is 13.1 Å².